The Bertz CT molecular complexity index is 5710. The number of benzene rings is 16. The van der Waals surface area contributed by atoms with Gasteiger partial charge in [-0.3, -0.25) is 0 Å². The summed E-state index contributed by atoms with van der Waals surface area (Å²) in [6.07, 6.45) is 0. The molecule has 2 heterocycles. The van der Waals surface area contributed by atoms with Gasteiger partial charge in [-0.1, -0.05) is 285 Å². The summed E-state index contributed by atoms with van der Waals surface area (Å²) >= 11 is 0. The lowest BCUT2D eigenvalue weighted by Gasteiger charge is -2.13. The first-order valence-corrected chi connectivity index (χ1v) is 30.2. The summed E-state index contributed by atoms with van der Waals surface area (Å²) < 4.78 is 12.6. The molecular weight excluding hydrogens is 1060 g/mol. The first-order valence-electron chi connectivity index (χ1n) is 30.2. The molecule has 2 nitrogen and oxygen atoms in total. The largest absolute Gasteiger partial charge is 0.455 e. The van der Waals surface area contributed by atoms with Gasteiger partial charge in [0, 0.05) is 32.7 Å². The monoisotopic (exact) mass is 1120 g/mol. The molecular formula is C86H54O2. The van der Waals surface area contributed by atoms with Gasteiger partial charge in [0.05, 0.1) is 0 Å². The smallest absolute Gasteiger partial charge is 0.143 e. The van der Waals surface area contributed by atoms with Crippen LogP contribution in [0.25, 0.3) is 176 Å². The van der Waals surface area contributed by atoms with Crippen molar-refractivity contribution in [1.82, 2.24) is 0 Å². The number of hydrogen-bond acceptors (Lipinski definition) is 2. The van der Waals surface area contributed by atoms with E-state index in [1.54, 1.807) is 0 Å². The van der Waals surface area contributed by atoms with Gasteiger partial charge in [-0.15, -0.1) is 0 Å². The van der Waals surface area contributed by atoms with Crippen molar-refractivity contribution in [3.8, 4) is 77.9 Å². The van der Waals surface area contributed by atoms with E-state index in [1.807, 2.05) is 24.3 Å². The first-order chi connectivity index (χ1) is 43.6. The van der Waals surface area contributed by atoms with Gasteiger partial charge in [-0.05, 0) is 163 Å². The topological polar surface area (TPSA) is 26.3 Å². The average molecular weight is 1120 g/mol. The number of fused-ring (bicyclic) bond motifs is 13. The average Bonchev–Trinajstić information content (AvgIpc) is 1.41. The van der Waals surface area contributed by atoms with Crippen molar-refractivity contribution >= 4 is 97.7 Å². The predicted molar refractivity (Wildman–Crippen MR) is 373 cm³/mol. The fourth-order valence-corrected chi connectivity index (χ4v) is 13.5. The number of hydrogen-bond donors (Lipinski definition) is 0. The van der Waals surface area contributed by atoms with Crippen LogP contribution >= 0.6 is 0 Å². The maximum atomic E-state index is 6.33. The summed E-state index contributed by atoms with van der Waals surface area (Å²) in [6, 6.07) is 118. The fourth-order valence-electron chi connectivity index (χ4n) is 13.5. The van der Waals surface area contributed by atoms with Crippen molar-refractivity contribution in [2.75, 3.05) is 0 Å². The summed E-state index contributed by atoms with van der Waals surface area (Å²) in [7, 11) is 0. The van der Waals surface area contributed by atoms with E-state index in [4.69, 9.17) is 8.83 Å². The zero-order chi connectivity index (χ0) is 58.1. The Kier molecular flexibility index (Phi) is 12.3. The van der Waals surface area contributed by atoms with E-state index in [9.17, 15) is 0 Å². The Morgan fingerprint density at radius 2 is 0.477 bits per heavy atom. The van der Waals surface area contributed by atoms with E-state index < -0.39 is 0 Å². The molecule has 0 N–H and O–H groups in total. The van der Waals surface area contributed by atoms with Crippen LogP contribution in [0.5, 0.6) is 0 Å². The molecule has 2 aromatic heterocycles. The van der Waals surface area contributed by atoms with Crippen molar-refractivity contribution in [3.05, 3.63) is 328 Å². The van der Waals surface area contributed by atoms with E-state index in [0.717, 1.165) is 66.1 Å². The molecule has 0 unspecified atom stereocenters. The van der Waals surface area contributed by atoms with Crippen LogP contribution in [0.4, 0.5) is 0 Å². The summed E-state index contributed by atoms with van der Waals surface area (Å²) in [5.41, 5.74) is 20.5. The third kappa shape index (κ3) is 8.89. The molecule has 18 aromatic rings. The van der Waals surface area contributed by atoms with Crippen LogP contribution < -0.4 is 0 Å². The second kappa shape index (κ2) is 21.2. The quantitative estimate of drug-likeness (QED) is 0.149. The maximum Gasteiger partial charge on any atom is 0.143 e. The zero-order valence-corrected chi connectivity index (χ0v) is 48.0. The molecule has 0 bridgehead atoms. The highest BCUT2D eigenvalue weighted by Gasteiger charge is 2.17. The van der Waals surface area contributed by atoms with Gasteiger partial charge in [0.15, 0.2) is 0 Å². The lowest BCUT2D eigenvalue weighted by atomic mass is 9.90. The van der Waals surface area contributed by atoms with Crippen molar-refractivity contribution in [2.45, 2.75) is 0 Å². The van der Waals surface area contributed by atoms with Gasteiger partial charge in [0.2, 0.25) is 0 Å². The fraction of sp³-hybridized carbons (Fsp3) is 0. The molecule has 0 atom stereocenters. The van der Waals surface area contributed by atoms with Crippen molar-refractivity contribution in [3.63, 3.8) is 0 Å². The molecule has 0 aliphatic carbocycles. The molecule has 0 spiro atoms. The molecule has 0 saturated carbocycles. The second-order valence-electron chi connectivity index (χ2n) is 23.0. The lowest BCUT2D eigenvalue weighted by Crippen LogP contribution is -1.87. The highest BCUT2D eigenvalue weighted by atomic mass is 16.3. The maximum absolute atomic E-state index is 6.33. The minimum Gasteiger partial charge on any atom is -0.455 e. The van der Waals surface area contributed by atoms with Crippen LogP contribution in [0.2, 0.25) is 0 Å². The minimum atomic E-state index is 0.923. The van der Waals surface area contributed by atoms with Crippen molar-refractivity contribution in [2.24, 2.45) is 0 Å². The standard InChI is InChI=1S/C44H28O.C42H26O/c1-2-9-29(10-3-1)30-17-19-31(20-18-30)34-25-26-35-28-41(37-11-4-5-12-38(37)42(35)27-34)33-23-21-32(22-24-33)36-14-8-15-40-39-13-6-7-16-43(39)45-44(36)40;1-2-9-30-24-31(21-16-27(30)8-1)32-22-23-33-26-39(35-10-3-4-11-36(35)40(33)25-32)29-19-17-28(18-20-29)34-13-7-14-38-37-12-5-6-15-41(37)43-42(34)38/h1-28H;1-26H. The third-order valence-electron chi connectivity index (χ3n) is 18.0. The van der Waals surface area contributed by atoms with Crippen molar-refractivity contribution in [1.29, 1.82) is 0 Å². The van der Waals surface area contributed by atoms with Crippen molar-refractivity contribution < 1.29 is 8.83 Å². The number of para-hydroxylation sites is 4. The highest BCUT2D eigenvalue weighted by molar-refractivity contribution is 6.17. The summed E-state index contributed by atoms with van der Waals surface area (Å²) in [4.78, 5) is 0. The molecule has 0 radical (unpaired) electrons. The molecule has 88 heavy (non-hydrogen) atoms. The summed E-state index contributed by atoms with van der Waals surface area (Å²) in [6.45, 7) is 0. The Morgan fingerprint density at radius 3 is 0.977 bits per heavy atom. The van der Waals surface area contributed by atoms with Crippen LogP contribution in [0.15, 0.2) is 336 Å². The zero-order valence-electron chi connectivity index (χ0n) is 48.0. The van der Waals surface area contributed by atoms with E-state index in [1.165, 1.54) is 109 Å². The SMILES string of the molecule is c1ccc(-c2ccc(-c3ccc4cc(-c5ccc(-c6cccc7c6oc6ccccc67)cc5)c5ccccc5c4c3)cc2)cc1.c1ccc2cc(-c3ccc4cc(-c5ccc(-c6cccc7c6oc6ccccc67)cc5)c5ccccc5c4c3)ccc2c1. The molecule has 0 aliphatic rings. The minimum absolute atomic E-state index is 0.923. The number of furan rings is 2. The van der Waals surface area contributed by atoms with Gasteiger partial charge in [0.25, 0.3) is 0 Å². The summed E-state index contributed by atoms with van der Waals surface area (Å²) in [5, 5.41) is 17.2. The molecule has 410 valence electrons. The van der Waals surface area contributed by atoms with E-state index in [2.05, 4.69) is 303 Å². The van der Waals surface area contributed by atoms with E-state index in [-0.39, 0.29) is 0 Å². The molecule has 0 amide bonds. The van der Waals surface area contributed by atoms with Gasteiger partial charge in [-0.2, -0.15) is 0 Å². The lowest BCUT2D eigenvalue weighted by molar-refractivity contribution is 0.669. The third-order valence-corrected chi connectivity index (χ3v) is 18.0. The summed E-state index contributed by atoms with van der Waals surface area (Å²) in [5.74, 6) is 0. The van der Waals surface area contributed by atoms with Gasteiger partial charge >= 0.3 is 0 Å². The van der Waals surface area contributed by atoms with Crippen LogP contribution in [0.1, 0.15) is 0 Å². The second-order valence-corrected chi connectivity index (χ2v) is 23.0. The first kappa shape index (κ1) is 50.9. The number of rotatable bonds is 7. The Labute approximate surface area is 509 Å². The molecule has 0 fully saturated rings. The van der Waals surface area contributed by atoms with E-state index >= 15 is 0 Å². The molecule has 0 aliphatic heterocycles. The Morgan fingerprint density at radius 1 is 0.148 bits per heavy atom. The van der Waals surface area contributed by atoms with Gasteiger partial charge in [-0.25, -0.2) is 0 Å². The molecule has 0 saturated heterocycles. The predicted octanol–water partition coefficient (Wildman–Crippen LogP) is 24.6. The highest BCUT2D eigenvalue weighted by Crippen LogP contribution is 2.43. The van der Waals surface area contributed by atoms with Crippen LogP contribution in [0.3, 0.4) is 0 Å². The molecule has 18 rings (SSSR count). The Hall–Kier alpha value is -11.6. The molecule has 16 aromatic carbocycles. The van der Waals surface area contributed by atoms with Gasteiger partial charge in [0.1, 0.15) is 22.3 Å². The van der Waals surface area contributed by atoms with Crippen LogP contribution in [-0.2, 0) is 0 Å². The van der Waals surface area contributed by atoms with Gasteiger partial charge < -0.3 is 8.83 Å². The normalized spacial score (nSPS) is 11.6. The Balaban J connectivity index is 0.000000137. The molecule has 2 heteroatoms. The van der Waals surface area contributed by atoms with E-state index in [0.29, 0.717) is 0 Å². The van der Waals surface area contributed by atoms with Crippen LogP contribution in [-0.4, -0.2) is 0 Å². The van der Waals surface area contributed by atoms with Crippen LogP contribution in [0, 0.1) is 0 Å².